The van der Waals surface area contributed by atoms with Gasteiger partial charge in [-0.3, -0.25) is 8.97 Å². The van der Waals surface area contributed by atoms with Crippen molar-refractivity contribution in [3.05, 3.63) is 60.9 Å². The van der Waals surface area contributed by atoms with Crippen LogP contribution >= 0.6 is 0 Å². The minimum Gasteiger partial charge on any atom is -0.286 e. The fourth-order valence-corrected chi connectivity index (χ4v) is 2.42. The molecule has 4 heteroatoms. The molecule has 0 aliphatic carbocycles. The van der Waals surface area contributed by atoms with Gasteiger partial charge < -0.3 is 0 Å². The third kappa shape index (κ3) is 1.50. The van der Waals surface area contributed by atoms with Gasteiger partial charge in [-0.1, -0.05) is 29.7 Å². The van der Waals surface area contributed by atoms with Gasteiger partial charge in [0.15, 0.2) is 0 Å². The molecule has 0 aliphatic rings. The Kier molecular flexibility index (Phi) is 2.06. The molecule has 2 heterocycles. The van der Waals surface area contributed by atoms with Crippen LogP contribution in [0.1, 0.15) is 0 Å². The largest absolute Gasteiger partial charge is 0.286 e. The Balaban J connectivity index is 2.05. The maximum absolute atomic E-state index is 5.84. The van der Waals surface area contributed by atoms with Crippen LogP contribution in [0.3, 0.4) is 0 Å². The molecule has 0 saturated heterocycles. The van der Waals surface area contributed by atoms with E-state index in [9.17, 15) is 0 Å². The van der Waals surface area contributed by atoms with Crippen molar-refractivity contribution in [3.63, 3.8) is 0 Å². The van der Waals surface area contributed by atoms with Gasteiger partial charge >= 0.3 is 0 Å². The molecule has 4 rings (SSSR count). The zero-order chi connectivity index (χ0) is 12.8. The molecule has 2 radical (unpaired) electrons. The van der Waals surface area contributed by atoms with Crippen LogP contribution in [0.25, 0.3) is 22.5 Å². The third-order valence-corrected chi connectivity index (χ3v) is 3.31. The molecular weight excluding hydrogens is 233 g/mol. The Labute approximate surface area is 111 Å². The average molecular weight is 243 g/mol. The van der Waals surface area contributed by atoms with E-state index in [2.05, 4.69) is 15.5 Å². The Morgan fingerprint density at radius 2 is 1.84 bits per heavy atom. The van der Waals surface area contributed by atoms with Gasteiger partial charge in [-0.2, -0.15) is 0 Å². The first-order valence-corrected chi connectivity index (χ1v) is 6.13. The number of aromatic nitrogens is 3. The van der Waals surface area contributed by atoms with Gasteiger partial charge in [0.1, 0.15) is 7.85 Å². The highest BCUT2D eigenvalue weighted by atomic mass is 15.2. The van der Waals surface area contributed by atoms with Crippen LogP contribution < -0.4 is 5.46 Å². The molecule has 0 aliphatic heterocycles. The van der Waals surface area contributed by atoms with Crippen LogP contribution in [0, 0.1) is 0 Å². The van der Waals surface area contributed by atoms with E-state index in [0.29, 0.717) is 0 Å². The summed E-state index contributed by atoms with van der Waals surface area (Å²) >= 11 is 0. The average Bonchev–Trinajstić information content (AvgIpc) is 2.97. The highest BCUT2D eigenvalue weighted by molar-refractivity contribution is 6.32. The SMILES string of the molecule is [B]c1cccc(-n2ccn3c4ccccc4nc23)c1. The maximum atomic E-state index is 5.84. The van der Waals surface area contributed by atoms with Crippen molar-refractivity contribution in [2.75, 3.05) is 0 Å². The summed E-state index contributed by atoms with van der Waals surface area (Å²) < 4.78 is 4.12. The molecule has 0 unspecified atom stereocenters. The molecule has 0 fully saturated rings. The van der Waals surface area contributed by atoms with Crippen molar-refractivity contribution < 1.29 is 0 Å². The fourth-order valence-electron chi connectivity index (χ4n) is 2.42. The quantitative estimate of drug-likeness (QED) is 0.469. The summed E-state index contributed by atoms with van der Waals surface area (Å²) in [5.74, 6) is 0.895. The summed E-state index contributed by atoms with van der Waals surface area (Å²) in [7, 11) is 5.84. The van der Waals surface area contributed by atoms with Gasteiger partial charge in [0, 0.05) is 18.1 Å². The predicted molar refractivity (Wildman–Crippen MR) is 77.4 cm³/mol. The minimum atomic E-state index is 0.750. The fraction of sp³-hybridized carbons (Fsp3) is 0. The molecule has 3 nitrogen and oxygen atoms in total. The second kappa shape index (κ2) is 3.75. The van der Waals surface area contributed by atoms with Crippen LogP contribution in [0.4, 0.5) is 0 Å². The molecule has 2 aromatic carbocycles. The van der Waals surface area contributed by atoms with E-state index in [0.717, 1.165) is 28.0 Å². The third-order valence-electron chi connectivity index (χ3n) is 3.31. The maximum Gasteiger partial charge on any atom is 0.219 e. The number of hydrogen-bond acceptors (Lipinski definition) is 1. The topological polar surface area (TPSA) is 22.2 Å². The molecule has 0 amide bonds. The van der Waals surface area contributed by atoms with E-state index in [1.807, 2.05) is 59.4 Å². The lowest BCUT2D eigenvalue weighted by Gasteiger charge is -2.03. The number of imidazole rings is 2. The van der Waals surface area contributed by atoms with Gasteiger partial charge in [0.2, 0.25) is 5.78 Å². The van der Waals surface area contributed by atoms with E-state index < -0.39 is 0 Å². The first-order chi connectivity index (χ1) is 9.33. The molecule has 88 valence electrons. The lowest BCUT2D eigenvalue weighted by atomic mass is 9.96. The number of benzene rings is 2. The van der Waals surface area contributed by atoms with Gasteiger partial charge in [0.25, 0.3) is 0 Å². The Morgan fingerprint density at radius 1 is 0.947 bits per heavy atom. The number of rotatable bonds is 1. The Hall–Kier alpha value is -2.49. The van der Waals surface area contributed by atoms with Crippen molar-refractivity contribution in [3.8, 4) is 5.69 Å². The van der Waals surface area contributed by atoms with Gasteiger partial charge in [-0.25, -0.2) is 4.98 Å². The van der Waals surface area contributed by atoms with E-state index >= 15 is 0 Å². The van der Waals surface area contributed by atoms with E-state index in [4.69, 9.17) is 7.85 Å². The summed E-state index contributed by atoms with van der Waals surface area (Å²) in [6.07, 6.45) is 4.03. The standard InChI is InChI=1S/C15H10BN3/c16-11-4-3-5-12(10-11)18-8-9-19-14-7-2-1-6-13(14)17-15(18)19/h1-10H. The first-order valence-electron chi connectivity index (χ1n) is 6.13. The lowest BCUT2D eigenvalue weighted by Crippen LogP contribution is -2.04. The molecule has 2 aromatic heterocycles. The zero-order valence-corrected chi connectivity index (χ0v) is 10.2. The smallest absolute Gasteiger partial charge is 0.219 e. The predicted octanol–water partition coefficient (Wildman–Crippen LogP) is 2.07. The van der Waals surface area contributed by atoms with Crippen molar-refractivity contribution in [1.29, 1.82) is 0 Å². The van der Waals surface area contributed by atoms with Crippen LogP contribution in [0.5, 0.6) is 0 Å². The molecule has 4 aromatic rings. The minimum absolute atomic E-state index is 0.750. The summed E-state index contributed by atoms with van der Waals surface area (Å²) in [4.78, 5) is 4.67. The van der Waals surface area contributed by atoms with Crippen molar-refractivity contribution in [2.24, 2.45) is 0 Å². The Bertz CT molecular complexity index is 889. The molecule has 19 heavy (non-hydrogen) atoms. The van der Waals surface area contributed by atoms with Crippen LogP contribution in [-0.4, -0.2) is 21.8 Å². The zero-order valence-electron chi connectivity index (χ0n) is 10.2. The summed E-state index contributed by atoms with van der Waals surface area (Å²) in [5.41, 5.74) is 3.88. The van der Waals surface area contributed by atoms with Gasteiger partial charge in [0.05, 0.1) is 11.0 Å². The van der Waals surface area contributed by atoms with E-state index in [1.165, 1.54) is 0 Å². The lowest BCUT2D eigenvalue weighted by molar-refractivity contribution is 1.08. The number of fused-ring (bicyclic) bond motifs is 3. The van der Waals surface area contributed by atoms with Crippen molar-refractivity contribution in [2.45, 2.75) is 0 Å². The second-order valence-electron chi connectivity index (χ2n) is 4.53. The van der Waals surface area contributed by atoms with Gasteiger partial charge in [-0.15, -0.1) is 0 Å². The summed E-state index contributed by atoms with van der Waals surface area (Å²) in [5, 5.41) is 0. The highest BCUT2D eigenvalue weighted by Gasteiger charge is 2.09. The number of hydrogen-bond donors (Lipinski definition) is 0. The monoisotopic (exact) mass is 243 g/mol. The number of para-hydroxylation sites is 2. The molecular formula is C15H10BN3. The molecule has 0 N–H and O–H groups in total. The molecule has 0 spiro atoms. The van der Waals surface area contributed by atoms with E-state index in [-0.39, 0.29) is 0 Å². The van der Waals surface area contributed by atoms with E-state index in [1.54, 1.807) is 0 Å². The second-order valence-corrected chi connectivity index (χ2v) is 4.53. The van der Waals surface area contributed by atoms with Crippen LogP contribution in [0.15, 0.2) is 60.9 Å². The Morgan fingerprint density at radius 3 is 2.74 bits per heavy atom. The van der Waals surface area contributed by atoms with Gasteiger partial charge in [-0.05, 0) is 24.3 Å². The number of nitrogens with zero attached hydrogens (tertiary/aromatic N) is 3. The molecule has 0 saturated carbocycles. The van der Waals surface area contributed by atoms with Crippen LogP contribution in [0.2, 0.25) is 0 Å². The summed E-state index contributed by atoms with van der Waals surface area (Å²) in [6, 6.07) is 15.9. The van der Waals surface area contributed by atoms with Crippen molar-refractivity contribution >= 4 is 30.1 Å². The highest BCUT2D eigenvalue weighted by Crippen LogP contribution is 2.19. The first kappa shape index (κ1) is 10.4. The summed E-state index contributed by atoms with van der Waals surface area (Å²) in [6.45, 7) is 0. The van der Waals surface area contributed by atoms with Crippen molar-refractivity contribution in [1.82, 2.24) is 14.0 Å². The van der Waals surface area contributed by atoms with Crippen LogP contribution in [-0.2, 0) is 0 Å². The normalized spacial score (nSPS) is 11.4. The molecule has 0 bridgehead atoms. The molecule has 0 atom stereocenters.